The number of pyridine rings is 2. The number of anilines is 1. The molecule has 0 unspecified atom stereocenters. The molecule has 4 rings (SSSR count). The predicted molar refractivity (Wildman–Crippen MR) is 129 cm³/mol. The first kappa shape index (κ1) is 23.1. The molecule has 0 aliphatic heterocycles. The lowest BCUT2D eigenvalue weighted by Gasteiger charge is -2.20. The topological polar surface area (TPSA) is 50.5 Å². The van der Waals surface area contributed by atoms with Gasteiger partial charge in [0.25, 0.3) is 0 Å². The molecule has 0 bridgehead atoms. The number of hydrogen-bond acceptors (Lipinski definition) is 3. The molecule has 31 heavy (non-hydrogen) atoms. The number of carbonyl (C=O) groups excluding carboxylic acids is 1. The van der Waals surface area contributed by atoms with E-state index in [2.05, 4.69) is 4.98 Å². The minimum atomic E-state index is -0.0557. The highest BCUT2D eigenvalue weighted by Gasteiger charge is 2.22. The number of hydrogen-bond donors (Lipinski definition) is 0. The number of carbonyl (C=O) groups is 1. The van der Waals surface area contributed by atoms with Crippen molar-refractivity contribution in [2.24, 2.45) is 0 Å². The SMILES string of the molecule is CCN(C(=O)Cc1c(-c2ccc(Cl)c(Cl)c2)nc2cc(C)ccn12)c1ccccn1.Cl. The maximum Gasteiger partial charge on any atom is 0.234 e. The fourth-order valence-electron chi connectivity index (χ4n) is 3.46. The van der Waals surface area contributed by atoms with Gasteiger partial charge in [0, 0.05) is 24.5 Å². The number of imidazole rings is 1. The first-order chi connectivity index (χ1) is 14.5. The molecule has 0 aliphatic carbocycles. The number of halogens is 3. The van der Waals surface area contributed by atoms with E-state index in [-0.39, 0.29) is 24.7 Å². The van der Waals surface area contributed by atoms with Gasteiger partial charge in [-0.3, -0.25) is 9.69 Å². The van der Waals surface area contributed by atoms with Crippen molar-refractivity contribution in [1.82, 2.24) is 14.4 Å². The van der Waals surface area contributed by atoms with E-state index in [0.29, 0.717) is 28.1 Å². The smallest absolute Gasteiger partial charge is 0.234 e. The zero-order chi connectivity index (χ0) is 21.3. The molecule has 1 amide bonds. The van der Waals surface area contributed by atoms with E-state index >= 15 is 0 Å². The summed E-state index contributed by atoms with van der Waals surface area (Å²) in [5.41, 5.74) is 4.19. The van der Waals surface area contributed by atoms with Crippen molar-refractivity contribution < 1.29 is 4.79 Å². The summed E-state index contributed by atoms with van der Waals surface area (Å²) in [6.45, 7) is 4.47. The van der Waals surface area contributed by atoms with Gasteiger partial charge >= 0.3 is 0 Å². The summed E-state index contributed by atoms with van der Waals surface area (Å²) in [5.74, 6) is 0.575. The minimum Gasteiger partial charge on any atom is -0.303 e. The quantitative estimate of drug-likeness (QED) is 0.354. The summed E-state index contributed by atoms with van der Waals surface area (Å²) in [6, 6.07) is 14.9. The molecule has 0 aliphatic rings. The van der Waals surface area contributed by atoms with Crippen molar-refractivity contribution in [3.05, 3.63) is 82.2 Å². The van der Waals surface area contributed by atoms with E-state index in [0.717, 1.165) is 22.5 Å². The van der Waals surface area contributed by atoms with Gasteiger partial charge in [0.15, 0.2) is 0 Å². The van der Waals surface area contributed by atoms with Crippen LogP contribution in [-0.2, 0) is 11.2 Å². The van der Waals surface area contributed by atoms with Crippen LogP contribution in [0.1, 0.15) is 18.2 Å². The lowest BCUT2D eigenvalue weighted by molar-refractivity contribution is -0.118. The van der Waals surface area contributed by atoms with Crippen LogP contribution in [0.2, 0.25) is 10.0 Å². The van der Waals surface area contributed by atoms with Gasteiger partial charge < -0.3 is 4.40 Å². The third-order valence-corrected chi connectivity index (χ3v) is 5.67. The second-order valence-electron chi connectivity index (χ2n) is 6.97. The molecule has 0 saturated heterocycles. The van der Waals surface area contributed by atoms with Crippen molar-refractivity contribution in [3.63, 3.8) is 0 Å². The second kappa shape index (κ2) is 9.69. The normalized spacial score (nSPS) is 10.7. The molecule has 3 aromatic heterocycles. The second-order valence-corrected chi connectivity index (χ2v) is 7.79. The van der Waals surface area contributed by atoms with Crippen LogP contribution in [0.3, 0.4) is 0 Å². The van der Waals surface area contributed by atoms with E-state index in [1.807, 2.05) is 60.8 Å². The maximum absolute atomic E-state index is 13.3. The average Bonchev–Trinajstić information content (AvgIpc) is 3.08. The van der Waals surface area contributed by atoms with Gasteiger partial charge in [-0.2, -0.15) is 0 Å². The summed E-state index contributed by atoms with van der Waals surface area (Å²) in [6.07, 6.45) is 3.80. The Labute approximate surface area is 197 Å². The first-order valence-electron chi connectivity index (χ1n) is 9.62. The van der Waals surface area contributed by atoms with Crippen molar-refractivity contribution in [3.8, 4) is 11.3 Å². The number of aryl methyl sites for hydroxylation is 1. The average molecular weight is 476 g/mol. The van der Waals surface area contributed by atoms with E-state index in [1.165, 1.54) is 0 Å². The monoisotopic (exact) mass is 474 g/mol. The Hall–Kier alpha value is -2.60. The van der Waals surface area contributed by atoms with Crippen LogP contribution in [0.15, 0.2) is 60.9 Å². The zero-order valence-corrected chi connectivity index (χ0v) is 19.4. The lowest BCUT2D eigenvalue weighted by Crippen LogP contribution is -2.33. The van der Waals surface area contributed by atoms with Crippen LogP contribution in [0, 0.1) is 6.92 Å². The van der Waals surface area contributed by atoms with Crippen LogP contribution in [-0.4, -0.2) is 26.8 Å². The fraction of sp³-hybridized carbons (Fsp3) is 0.174. The van der Waals surface area contributed by atoms with E-state index < -0.39 is 0 Å². The molecular formula is C23H21Cl3N4O. The van der Waals surface area contributed by atoms with E-state index in [4.69, 9.17) is 28.2 Å². The van der Waals surface area contributed by atoms with Crippen molar-refractivity contribution >= 4 is 53.0 Å². The van der Waals surface area contributed by atoms with Gasteiger partial charge in [-0.25, -0.2) is 9.97 Å². The van der Waals surface area contributed by atoms with Gasteiger partial charge in [0.1, 0.15) is 11.5 Å². The molecule has 8 heteroatoms. The Morgan fingerprint density at radius 3 is 2.58 bits per heavy atom. The molecular weight excluding hydrogens is 455 g/mol. The van der Waals surface area contributed by atoms with Crippen molar-refractivity contribution in [1.29, 1.82) is 0 Å². The molecule has 4 aromatic rings. The van der Waals surface area contributed by atoms with Gasteiger partial charge in [-0.05, 0) is 55.8 Å². The molecule has 0 radical (unpaired) electrons. The summed E-state index contributed by atoms with van der Waals surface area (Å²) >= 11 is 12.3. The van der Waals surface area contributed by atoms with Gasteiger partial charge in [0.05, 0.1) is 27.9 Å². The summed E-state index contributed by atoms with van der Waals surface area (Å²) in [5, 5.41) is 0.924. The van der Waals surface area contributed by atoms with Crippen LogP contribution >= 0.6 is 35.6 Å². The molecule has 0 atom stereocenters. The Morgan fingerprint density at radius 1 is 1.10 bits per heavy atom. The van der Waals surface area contributed by atoms with Crippen molar-refractivity contribution in [2.45, 2.75) is 20.3 Å². The first-order valence-corrected chi connectivity index (χ1v) is 10.4. The summed E-state index contributed by atoms with van der Waals surface area (Å²) in [7, 11) is 0. The summed E-state index contributed by atoms with van der Waals surface area (Å²) in [4.78, 5) is 24.1. The zero-order valence-electron chi connectivity index (χ0n) is 17.0. The highest BCUT2D eigenvalue weighted by Crippen LogP contribution is 2.31. The van der Waals surface area contributed by atoms with Gasteiger partial charge in [-0.15, -0.1) is 12.4 Å². The number of amides is 1. The highest BCUT2D eigenvalue weighted by atomic mass is 35.5. The standard InChI is InChI=1S/C23H20Cl2N4O.ClH/c1-3-28(20-6-4-5-10-26-20)22(30)14-19-23(16-7-8-17(24)18(25)13-16)27-21-12-15(2)9-11-29(19)21;/h4-13H,3,14H2,1-2H3;1H. The van der Waals surface area contributed by atoms with Crippen LogP contribution in [0.25, 0.3) is 16.9 Å². The number of rotatable bonds is 5. The molecule has 1 aromatic carbocycles. The maximum atomic E-state index is 13.3. The number of benzene rings is 1. The molecule has 0 fully saturated rings. The molecule has 160 valence electrons. The lowest BCUT2D eigenvalue weighted by atomic mass is 10.1. The third kappa shape index (κ3) is 4.69. The Kier molecular flexibility index (Phi) is 7.21. The van der Waals surface area contributed by atoms with Crippen molar-refractivity contribution in [2.75, 3.05) is 11.4 Å². The number of aromatic nitrogens is 3. The van der Waals surface area contributed by atoms with Gasteiger partial charge in [0.2, 0.25) is 5.91 Å². The minimum absolute atomic E-state index is 0. The predicted octanol–water partition coefficient (Wildman–Crippen LogP) is 6.03. The summed E-state index contributed by atoms with van der Waals surface area (Å²) < 4.78 is 1.95. The molecule has 5 nitrogen and oxygen atoms in total. The van der Waals surface area contributed by atoms with Crippen LogP contribution < -0.4 is 4.90 Å². The van der Waals surface area contributed by atoms with Crippen LogP contribution in [0.5, 0.6) is 0 Å². The highest BCUT2D eigenvalue weighted by molar-refractivity contribution is 6.42. The van der Waals surface area contributed by atoms with Gasteiger partial charge in [-0.1, -0.05) is 35.3 Å². The Bertz CT molecular complexity index is 1220. The molecule has 0 spiro atoms. The fourth-order valence-corrected chi connectivity index (χ4v) is 3.76. The number of likely N-dealkylation sites (N-methyl/N-ethyl adjacent to an activating group) is 1. The Morgan fingerprint density at radius 2 is 1.90 bits per heavy atom. The third-order valence-electron chi connectivity index (χ3n) is 4.94. The van der Waals surface area contributed by atoms with Crippen LogP contribution in [0.4, 0.5) is 5.82 Å². The van der Waals surface area contributed by atoms with E-state index in [1.54, 1.807) is 23.2 Å². The number of nitrogens with zero attached hydrogens (tertiary/aromatic N) is 4. The Balaban J connectivity index is 0.00000272. The molecule has 0 saturated carbocycles. The van der Waals surface area contributed by atoms with E-state index in [9.17, 15) is 4.79 Å². The molecule has 0 N–H and O–H groups in total. The molecule has 3 heterocycles. The largest absolute Gasteiger partial charge is 0.303 e. The number of fused-ring (bicyclic) bond motifs is 1.